The Balaban J connectivity index is 2.50. The van der Waals surface area contributed by atoms with Gasteiger partial charge in [-0.15, -0.1) is 0 Å². The average molecular weight is 377 g/mol. The number of rotatable bonds is 17. The number of nitrogens with zero attached hydrogens (tertiary/aromatic N) is 2. The van der Waals surface area contributed by atoms with E-state index in [1.807, 2.05) is 0 Å². The predicted molar refractivity (Wildman–Crippen MR) is 122 cm³/mol. The zero-order chi connectivity index (χ0) is 19.7. The maximum atomic E-state index is 2.66. The number of unbranched alkanes of at least 4 members (excludes halogenated alkanes) is 7. The van der Waals surface area contributed by atoms with Crippen LogP contribution in [-0.4, -0.2) is 36.0 Å². The van der Waals surface area contributed by atoms with E-state index in [-0.39, 0.29) is 0 Å². The normalized spacial score (nSPS) is 15.1. The van der Waals surface area contributed by atoms with Gasteiger partial charge >= 0.3 is 0 Å². The van der Waals surface area contributed by atoms with E-state index >= 15 is 0 Å². The smallest absolute Gasteiger partial charge is 0.0377 e. The summed E-state index contributed by atoms with van der Waals surface area (Å²) in [7, 11) is 0. The van der Waals surface area contributed by atoms with Crippen molar-refractivity contribution < 1.29 is 0 Å². The molecule has 0 bridgehead atoms. The van der Waals surface area contributed by atoms with Crippen LogP contribution in [0.4, 0.5) is 0 Å². The Morgan fingerprint density at radius 2 is 1.48 bits per heavy atom. The minimum Gasteiger partial charge on any atom is -0.373 e. The van der Waals surface area contributed by atoms with Crippen molar-refractivity contribution >= 4 is 0 Å². The molecule has 2 nitrogen and oxygen atoms in total. The molecular formula is C25H48N2. The summed E-state index contributed by atoms with van der Waals surface area (Å²) in [5.41, 5.74) is 1.47. The van der Waals surface area contributed by atoms with Crippen molar-refractivity contribution in [3.63, 3.8) is 0 Å². The van der Waals surface area contributed by atoms with Gasteiger partial charge in [0, 0.05) is 38.1 Å². The molecule has 0 aliphatic carbocycles. The highest BCUT2D eigenvalue weighted by Crippen LogP contribution is 2.19. The lowest BCUT2D eigenvalue weighted by Gasteiger charge is -2.32. The largest absolute Gasteiger partial charge is 0.373 e. The molecule has 0 aromatic rings. The molecule has 0 amide bonds. The molecule has 0 saturated carbocycles. The first-order valence-electron chi connectivity index (χ1n) is 12.1. The van der Waals surface area contributed by atoms with Crippen LogP contribution in [0.1, 0.15) is 105 Å². The van der Waals surface area contributed by atoms with Gasteiger partial charge in [-0.2, -0.15) is 0 Å². The predicted octanol–water partition coefficient (Wildman–Crippen LogP) is 7.38. The van der Waals surface area contributed by atoms with Crippen molar-refractivity contribution in [2.45, 2.75) is 105 Å². The third kappa shape index (κ3) is 10.9. The van der Waals surface area contributed by atoms with Crippen molar-refractivity contribution in [1.29, 1.82) is 0 Å². The summed E-state index contributed by atoms with van der Waals surface area (Å²) < 4.78 is 0. The van der Waals surface area contributed by atoms with E-state index in [0.29, 0.717) is 0 Å². The monoisotopic (exact) mass is 376 g/mol. The van der Waals surface area contributed by atoms with Gasteiger partial charge in [0.1, 0.15) is 0 Å². The molecule has 1 rings (SSSR count). The summed E-state index contributed by atoms with van der Waals surface area (Å²) in [5, 5.41) is 0. The molecule has 1 unspecified atom stereocenters. The second kappa shape index (κ2) is 16.1. The Morgan fingerprint density at radius 3 is 1.96 bits per heavy atom. The molecule has 0 radical (unpaired) electrons. The molecule has 1 aliphatic rings. The van der Waals surface area contributed by atoms with Crippen LogP contribution in [0.3, 0.4) is 0 Å². The van der Waals surface area contributed by atoms with Gasteiger partial charge in [-0.1, -0.05) is 85.5 Å². The topological polar surface area (TPSA) is 6.48 Å². The minimum absolute atomic E-state index is 0.851. The maximum absolute atomic E-state index is 2.66. The lowest BCUT2D eigenvalue weighted by Crippen LogP contribution is -2.31. The van der Waals surface area contributed by atoms with Crippen molar-refractivity contribution in [1.82, 2.24) is 9.80 Å². The first-order chi connectivity index (χ1) is 13.2. The van der Waals surface area contributed by atoms with Crippen LogP contribution in [0.25, 0.3) is 0 Å². The third-order valence-corrected chi connectivity index (χ3v) is 5.96. The standard InChI is InChI=1S/C25H48N2/c1-5-9-12-14-19-27(20-15-13-10-6-2)25-17-21-26(22-18-25)23-24(8-4)16-11-7-3/h17-18,21,24H,5-16,19-20,22-23H2,1-4H3. The Hall–Kier alpha value is -0.920. The molecule has 0 fully saturated rings. The van der Waals surface area contributed by atoms with Gasteiger partial charge < -0.3 is 9.80 Å². The average Bonchev–Trinajstić information content (AvgIpc) is 2.70. The molecular weight excluding hydrogens is 328 g/mol. The van der Waals surface area contributed by atoms with Crippen LogP contribution in [0.5, 0.6) is 0 Å². The first kappa shape index (κ1) is 24.1. The van der Waals surface area contributed by atoms with E-state index in [1.165, 1.54) is 102 Å². The molecule has 27 heavy (non-hydrogen) atoms. The van der Waals surface area contributed by atoms with E-state index in [9.17, 15) is 0 Å². The first-order valence-corrected chi connectivity index (χ1v) is 12.1. The van der Waals surface area contributed by atoms with Crippen LogP contribution in [0, 0.1) is 5.92 Å². The summed E-state index contributed by atoms with van der Waals surface area (Å²) in [5.74, 6) is 0.851. The van der Waals surface area contributed by atoms with Gasteiger partial charge in [-0.25, -0.2) is 0 Å². The van der Waals surface area contributed by atoms with Crippen molar-refractivity contribution in [2.24, 2.45) is 5.92 Å². The number of hydrogen-bond acceptors (Lipinski definition) is 2. The molecule has 2 heteroatoms. The molecule has 1 aliphatic heterocycles. The van der Waals surface area contributed by atoms with Gasteiger partial charge in [0.15, 0.2) is 0 Å². The Bertz CT molecular complexity index is 387. The molecule has 0 N–H and O–H groups in total. The molecule has 158 valence electrons. The second-order valence-electron chi connectivity index (χ2n) is 8.42. The Kier molecular flexibility index (Phi) is 14.4. The van der Waals surface area contributed by atoms with Gasteiger partial charge in [0.25, 0.3) is 0 Å². The number of hydrogen-bond donors (Lipinski definition) is 0. The summed E-state index contributed by atoms with van der Waals surface area (Å²) in [4.78, 5) is 5.19. The van der Waals surface area contributed by atoms with Crippen molar-refractivity contribution in [3.8, 4) is 0 Å². The van der Waals surface area contributed by atoms with Crippen molar-refractivity contribution in [3.05, 3.63) is 24.0 Å². The quantitative estimate of drug-likeness (QED) is 0.244. The lowest BCUT2D eigenvalue weighted by molar-refractivity contribution is 0.290. The zero-order valence-corrected chi connectivity index (χ0v) is 19.0. The lowest BCUT2D eigenvalue weighted by atomic mass is 9.98. The van der Waals surface area contributed by atoms with Crippen LogP contribution in [0.15, 0.2) is 24.0 Å². The van der Waals surface area contributed by atoms with E-state index in [1.54, 1.807) is 0 Å². The van der Waals surface area contributed by atoms with Gasteiger partial charge in [0.2, 0.25) is 0 Å². The van der Waals surface area contributed by atoms with E-state index in [4.69, 9.17) is 0 Å². The highest BCUT2D eigenvalue weighted by Gasteiger charge is 2.14. The van der Waals surface area contributed by atoms with E-state index in [0.717, 1.165) is 12.5 Å². The molecule has 0 saturated heterocycles. The summed E-state index contributed by atoms with van der Waals surface area (Å²) in [6, 6.07) is 0. The van der Waals surface area contributed by atoms with Crippen LogP contribution in [-0.2, 0) is 0 Å². The van der Waals surface area contributed by atoms with Gasteiger partial charge in [0.05, 0.1) is 0 Å². The van der Waals surface area contributed by atoms with E-state index in [2.05, 4.69) is 55.8 Å². The second-order valence-corrected chi connectivity index (χ2v) is 8.42. The van der Waals surface area contributed by atoms with Crippen LogP contribution in [0.2, 0.25) is 0 Å². The Labute approximate surface area is 171 Å². The van der Waals surface area contributed by atoms with Crippen LogP contribution < -0.4 is 0 Å². The molecule has 0 spiro atoms. The highest BCUT2D eigenvalue weighted by molar-refractivity contribution is 5.21. The highest BCUT2D eigenvalue weighted by atomic mass is 15.2. The summed E-state index contributed by atoms with van der Waals surface area (Å²) in [6.07, 6.45) is 23.5. The molecule has 1 heterocycles. The summed E-state index contributed by atoms with van der Waals surface area (Å²) >= 11 is 0. The fourth-order valence-electron chi connectivity index (χ4n) is 3.97. The zero-order valence-electron chi connectivity index (χ0n) is 19.0. The molecule has 0 aromatic carbocycles. The number of allylic oxidation sites excluding steroid dienone is 1. The fourth-order valence-corrected chi connectivity index (χ4v) is 3.97. The van der Waals surface area contributed by atoms with Crippen molar-refractivity contribution in [2.75, 3.05) is 26.2 Å². The molecule has 0 aromatic heterocycles. The minimum atomic E-state index is 0.851. The molecule has 1 atom stereocenters. The van der Waals surface area contributed by atoms with E-state index < -0.39 is 0 Å². The van der Waals surface area contributed by atoms with Crippen LogP contribution >= 0.6 is 0 Å². The van der Waals surface area contributed by atoms with Gasteiger partial charge in [-0.3, -0.25) is 0 Å². The third-order valence-electron chi connectivity index (χ3n) is 5.96. The Morgan fingerprint density at radius 1 is 0.852 bits per heavy atom. The SMILES string of the molecule is CCCCCCN(CCCCCC)C1=CCN(CC(CC)CCCC)C=C1. The van der Waals surface area contributed by atoms with Gasteiger partial charge in [-0.05, 0) is 37.3 Å². The maximum Gasteiger partial charge on any atom is 0.0377 e. The fraction of sp³-hybridized carbons (Fsp3) is 0.840. The summed E-state index contributed by atoms with van der Waals surface area (Å²) in [6.45, 7) is 14.0.